The van der Waals surface area contributed by atoms with Crippen LogP contribution < -0.4 is 5.32 Å². The predicted octanol–water partition coefficient (Wildman–Crippen LogP) is 2.63. The van der Waals surface area contributed by atoms with E-state index in [2.05, 4.69) is 5.32 Å². The maximum absolute atomic E-state index is 13.2. The molecule has 1 amide bonds. The van der Waals surface area contributed by atoms with Gasteiger partial charge in [0.15, 0.2) is 0 Å². The summed E-state index contributed by atoms with van der Waals surface area (Å²) in [5.74, 6) is -2.03. The molecule has 1 aromatic rings. The second-order valence-electron chi connectivity index (χ2n) is 7.28. The van der Waals surface area contributed by atoms with Gasteiger partial charge in [-0.05, 0) is 44.9 Å². The molecular formula is C18H25FN2O4. The van der Waals surface area contributed by atoms with Crippen LogP contribution in [0.3, 0.4) is 0 Å². The number of nitrogens with one attached hydrogen (secondary N) is 1. The fraction of sp³-hybridized carbons (Fsp3) is 0.556. The van der Waals surface area contributed by atoms with Crippen molar-refractivity contribution >= 4 is 12.1 Å². The smallest absolute Gasteiger partial charge is 0.410 e. The summed E-state index contributed by atoms with van der Waals surface area (Å²) in [4.78, 5) is 25.2. The van der Waals surface area contributed by atoms with Gasteiger partial charge >= 0.3 is 12.1 Å². The Kier molecular flexibility index (Phi) is 6.00. The molecule has 0 radical (unpaired) electrons. The van der Waals surface area contributed by atoms with E-state index >= 15 is 0 Å². The summed E-state index contributed by atoms with van der Waals surface area (Å²) in [6, 6.07) is 5.88. The van der Waals surface area contributed by atoms with Gasteiger partial charge in [-0.3, -0.25) is 4.79 Å². The molecule has 2 rings (SSSR count). The molecule has 1 aromatic carbocycles. The van der Waals surface area contributed by atoms with E-state index < -0.39 is 23.6 Å². The monoisotopic (exact) mass is 352 g/mol. The molecule has 138 valence electrons. The van der Waals surface area contributed by atoms with Gasteiger partial charge in [0, 0.05) is 25.7 Å². The highest BCUT2D eigenvalue weighted by molar-refractivity contribution is 5.74. The van der Waals surface area contributed by atoms with E-state index in [-0.39, 0.29) is 18.4 Å². The van der Waals surface area contributed by atoms with Crippen LogP contribution in [0.25, 0.3) is 0 Å². The van der Waals surface area contributed by atoms with Gasteiger partial charge in [-0.1, -0.05) is 12.1 Å². The Hall–Kier alpha value is -2.15. The molecule has 1 aliphatic heterocycles. The number of benzene rings is 1. The van der Waals surface area contributed by atoms with E-state index in [9.17, 15) is 19.1 Å². The summed E-state index contributed by atoms with van der Waals surface area (Å²) in [6.07, 6.45) is -0.00625. The van der Waals surface area contributed by atoms with Crippen LogP contribution in [0.15, 0.2) is 24.3 Å². The molecule has 1 fully saturated rings. The maximum Gasteiger partial charge on any atom is 0.410 e. The Morgan fingerprint density at radius 1 is 1.40 bits per heavy atom. The first kappa shape index (κ1) is 19.2. The SMILES string of the molecule is CC(C)(C)OC(=O)N1CCC(NCc2cccc(F)c2)C(C(=O)O)C1. The lowest BCUT2D eigenvalue weighted by atomic mass is 9.92. The molecule has 6 nitrogen and oxygen atoms in total. The number of aliphatic carboxylic acids is 1. The number of carbonyl (C=O) groups is 2. The third kappa shape index (κ3) is 5.70. The summed E-state index contributed by atoms with van der Waals surface area (Å²) in [7, 11) is 0. The largest absolute Gasteiger partial charge is 0.481 e. The molecule has 2 atom stereocenters. The zero-order chi connectivity index (χ0) is 18.6. The number of nitrogens with zero attached hydrogens (tertiary/aromatic N) is 1. The van der Waals surface area contributed by atoms with Crippen molar-refractivity contribution in [2.75, 3.05) is 13.1 Å². The molecule has 0 aromatic heterocycles. The number of likely N-dealkylation sites (tertiary alicyclic amines) is 1. The highest BCUT2D eigenvalue weighted by Gasteiger charge is 2.37. The summed E-state index contributed by atoms with van der Waals surface area (Å²) >= 11 is 0. The zero-order valence-electron chi connectivity index (χ0n) is 14.8. The van der Waals surface area contributed by atoms with Gasteiger partial charge < -0.3 is 20.1 Å². The van der Waals surface area contributed by atoms with Crippen LogP contribution in [0.2, 0.25) is 0 Å². The van der Waals surface area contributed by atoms with Crippen molar-refractivity contribution < 1.29 is 23.8 Å². The molecule has 25 heavy (non-hydrogen) atoms. The highest BCUT2D eigenvalue weighted by Crippen LogP contribution is 2.21. The lowest BCUT2D eigenvalue weighted by Crippen LogP contribution is -2.54. The van der Waals surface area contributed by atoms with Crippen molar-refractivity contribution in [1.82, 2.24) is 10.2 Å². The predicted molar refractivity (Wildman–Crippen MR) is 90.6 cm³/mol. The summed E-state index contributed by atoms with van der Waals surface area (Å²) in [6.45, 7) is 6.19. The van der Waals surface area contributed by atoms with Crippen LogP contribution in [0.5, 0.6) is 0 Å². The average Bonchev–Trinajstić information content (AvgIpc) is 2.51. The second kappa shape index (κ2) is 7.82. The van der Waals surface area contributed by atoms with Crippen molar-refractivity contribution in [1.29, 1.82) is 0 Å². The Balaban J connectivity index is 1.97. The molecule has 0 bridgehead atoms. The summed E-state index contributed by atoms with van der Waals surface area (Å²) in [5, 5.41) is 12.7. The quantitative estimate of drug-likeness (QED) is 0.871. The topological polar surface area (TPSA) is 78.9 Å². The average molecular weight is 352 g/mol. The van der Waals surface area contributed by atoms with Gasteiger partial charge in [-0.2, -0.15) is 0 Å². The Bertz CT molecular complexity index is 630. The van der Waals surface area contributed by atoms with Gasteiger partial charge in [0.2, 0.25) is 0 Å². The van der Waals surface area contributed by atoms with Crippen LogP contribution >= 0.6 is 0 Å². The molecule has 0 saturated carbocycles. The Morgan fingerprint density at radius 3 is 2.72 bits per heavy atom. The molecule has 1 heterocycles. The number of carboxylic acid groups (broad SMARTS) is 1. The number of piperidine rings is 1. The first-order chi connectivity index (χ1) is 11.7. The van der Waals surface area contributed by atoms with Crippen molar-refractivity contribution in [2.45, 2.75) is 45.4 Å². The van der Waals surface area contributed by atoms with Crippen LogP contribution in [-0.2, 0) is 16.1 Å². The van der Waals surface area contributed by atoms with Crippen LogP contribution in [0.4, 0.5) is 9.18 Å². The Morgan fingerprint density at radius 2 is 2.12 bits per heavy atom. The first-order valence-electron chi connectivity index (χ1n) is 8.34. The van der Waals surface area contributed by atoms with E-state index in [1.807, 2.05) is 0 Å². The van der Waals surface area contributed by atoms with Crippen molar-refractivity contribution in [3.05, 3.63) is 35.6 Å². The number of hydrogen-bond acceptors (Lipinski definition) is 4. The van der Waals surface area contributed by atoms with E-state index in [0.717, 1.165) is 5.56 Å². The molecular weight excluding hydrogens is 327 g/mol. The number of ether oxygens (including phenoxy) is 1. The molecule has 7 heteroatoms. The van der Waals surface area contributed by atoms with Gasteiger partial charge in [-0.15, -0.1) is 0 Å². The summed E-state index contributed by atoms with van der Waals surface area (Å²) < 4.78 is 18.5. The van der Waals surface area contributed by atoms with Gasteiger partial charge in [-0.25, -0.2) is 9.18 Å². The number of halogens is 1. The number of hydrogen-bond donors (Lipinski definition) is 2. The first-order valence-corrected chi connectivity index (χ1v) is 8.34. The molecule has 2 N–H and O–H groups in total. The number of rotatable bonds is 4. The summed E-state index contributed by atoms with van der Waals surface area (Å²) in [5.41, 5.74) is 0.126. The lowest BCUT2D eigenvalue weighted by Gasteiger charge is -2.37. The third-order valence-electron chi connectivity index (χ3n) is 4.04. The minimum atomic E-state index is -0.968. The third-order valence-corrected chi connectivity index (χ3v) is 4.04. The number of amides is 1. The van der Waals surface area contributed by atoms with E-state index in [0.29, 0.717) is 19.5 Å². The number of carboxylic acids is 1. The molecule has 0 aliphatic carbocycles. The number of carbonyl (C=O) groups excluding carboxylic acids is 1. The Labute approximate surface area is 147 Å². The van der Waals surface area contributed by atoms with Crippen LogP contribution in [0.1, 0.15) is 32.8 Å². The fourth-order valence-corrected chi connectivity index (χ4v) is 2.83. The van der Waals surface area contributed by atoms with Crippen molar-refractivity contribution in [2.24, 2.45) is 5.92 Å². The fourth-order valence-electron chi connectivity index (χ4n) is 2.83. The zero-order valence-corrected chi connectivity index (χ0v) is 14.8. The lowest BCUT2D eigenvalue weighted by molar-refractivity contribution is -0.144. The van der Waals surface area contributed by atoms with Crippen molar-refractivity contribution in [3.63, 3.8) is 0 Å². The highest BCUT2D eigenvalue weighted by atomic mass is 19.1. The minimum Gasteiger partial charge on any atom is -0.481 e. The van der Waals surface area contributed by atoms with Crippen LogP contribution in [0, 0.1) is 11.7 Å². The standard InChI is InChI=1S/C18H25FN2O4/c1-18(2,3)25-17(24)21-8-7-15(14(11-21)16(22)23)20-10-12-5-4-6-13(19)9-12/h4-6,9,14-15,20H,7-8,10-11H2,1-3H3,(H,22,23). The minimum absolute atomic E-state index is 0.0884. The second-order valence-corrected chi connectivity index (χ2v) is 7.28. The van der Waals surface area contributed by atoms with Gasteiger partial charge in [0.25, 0.3) is 0 Å². The van der Waals surface area contributed by atoms with Gasteiger partial charge in [0.05, 0.1) is 5.92 Å². The van der Waals surface area contributed by atoms with Crippen LogP contribution in [-0.4, -0.2) is 46.8 Å². The molecule has 0 spiro atoms. The van der Waals surface area contributed by atoms with E-state index in [1.54, 1.807) is 32.9 Å². The molecule has 1 saturated heterocycles. The molecule has 1 aliphatic rings. The van der Waals surface area contributed by atoms with E-state index in [1.165, 1.54) is 17.0 Å². The van der Waals surface area contributed by atoms with Gasteiger partial charge in [0.1, 0.15) is 11.4 Å². The normalized spacial score (nSPS) is 21.0. The van der Waals surface area contributed by atoms with Crippen molar-refractivity contribution in [3.8, 4) is 0 Å². The maximum atomic E-state index is 13.2. The van der Waals surface area contributed by atoms with E-state index in [4.69, 9.17) is 4.74 Å². The molecule has 2 unspecified atom stereocenters.